The molecule has 5 nitrogen and oxygen atoms in total. The topological polar surface area (TPSA) is 73.1 Å². The van der Waals surface area contributed by atoms with Gasteiger partial charge in [0.25, 0.3) is 0 Å². The second-order valence-corrected chi connectivity index (χ2v) is 5.12. The molecule has 0 saturated carbocycles. The second-order valence-electron chi connectivity index (χ2n) is 4.21. The van der Waals surface area contributed by atoms with Gasteiger partial charge in [0.15, 0.2) is 0 Å². The molecule has 0 aliphatic heterocycles. The molecule has 6 heteroatoms. The Hall–Kier alpha value is -1.66. The molecule has 0 spiro atoms. The summed E-state index contributed by atoms with van der Waals surface area (Å²) in [5.74, 6) is 1.40. The first-order valence-corrected chi connectivity index (χ1v) is 7.14. The van der Waals surface area contributed by atoms with Crippen molar-refractivity contribution in [3.8, 4) is 16.9 Å². The van der Waals surface area contributed by atoms with Crippen LogP contribution >= 0.6 is 15.9 Å². The van der Waals surface area contributed by atoms with Crippen molar-refractivity contribution in [2.24, 2.45) is 5.73 Å². The SMILES string of the molecule is COc1ccc(Br)cc1-c1cnc(NCCCN)nc1. The van der Waals surface area contributed by atoms with Crippen molar-refractivity contribution in [2.75, 3.05) is 25.5 Å². The van der Waals surface area contributed by atoms with E-state index in [-0.39, 0.29) is 0 Å². The smallest absolute Gasteiger partial charge is 0.222 e. The van der Waals surface area contributed by atoms with Crippen LogP contribution in [-0.4, -0.2) is 30.2 Å². The van der Waals surface area contributed by atoms with E-state index in [9.17, 15) is 0 Å². The van der Waals surface area contributed by atoms with Gasteiger partial charge in [0.05, 0.1) is 7.11 Å². The number of hydrogen-bond acceptors (Lipinski definition) is 5. The zero-order chi connectivity index (χ0) is 14.4. The molecule has 0 radical (unpaired) electrons. The molecule has 0 fully saturated rings. The highest BCUT2D eigenvalue weighted by Crippen LogP contribution is 2.31. The van der Waals surface area contributed by atoms with Crippen molar-refractivity contribution >= 4 is 21.9 Å². The third kappa shape index (κ3) is 3.68. The van der Waals surface area contributed by atoms with Crippen LogP contribution in [-0.2, 0) is 0 Å². The largest absolute Gasteiger partial charge is 0.496 e. The molecule has 0 bridgehead atoms. The van der Waals surface area contributed by atoms with E-state index < -0.39 is 0 Å². The lowest BCUT2D eigenvalue weighted by Crippen LogP contribution is -2.10. The predicted molar refractivity (Wildman–Crippen MR) is 83.9 cm³/mol. The highest BCUT2D eigenvalue weighted by molar-refractivity contribution is 9.10. The van der Waals surface area contributed by atoms with E-state index in [1.165, 1.54) is 0 Å². The van der Waals surface area contributed by atoms with Gasteiger partial charge in [-0.25, -0.2) is 9.97 Å². The molecule has 20 heavy (non-hydrogen) atoms. The minimum Gasteiger partial charge on any atom is -0.496 e. The molecule has 0 aliphatic carbocycles. The van der Waals surface area contributed by atoms with Gasteiger partial charge in [-0.3, -0.25) is 0 Å². The predicted octanol–water partition coefficient (Wildman–Crippen LogP) is 2.68. The Kier molecular flexibility index (Phi) is 5.31. The van der Waals surface area contributed by atoms with E-state index in [1.807, 2.05) is 18.2 Å². The highest BCUT2D eigenvalue weighted by Gasteiger charge is 2.07. The van der Waals surface area contributed by atoms with Crippen molar-refractivity contribution in [1.82, 2.24) is 9.97 Å². The first kappa shape index (κ1) is 14.7. The molecular weight excluding hydrogens is 320 g/mol. The Balaban J connectivity index is 2.19. The lowest BCUT2D eigenvalue weighted by atomic mass is 10.1. The monoisotopic (exact) mass is 336 g/mol. The molecule has 106 valence electrons. The maximum atomic E-state index is 5.44. The Labute approximate surface area is 126 Å². The summed E-state index contributed by atoms with van der Waals surface area (Å²) in [4.78, 5) is 8.60. The Morgan fingerprint density at radius 2 is 2.05 bits per heavy atom. The van der Waals surface area contributed by atoms with Crippen LogP contribution < -0.4 is 15.8 Å². The number of benzene rings is 1. The number of nitrogens with zero attached hydrogens (tertiary/aromatic N) is 2. The third-order valence-electron chi connectivity index (χ3n) is 2.79. The van der Waals surface area contributed by atoms with Crippen molar-refractivity contribution in [3.05, 3.63) is 35.1 Å². The number of nitrogens with two attached hydrogens (primary N) is 1. The summed E-state index contributed by atoms with van der Waals surface area (Å²) in [6.45, 7) is 1.43. The van der Waals surface area contributed by atoms with Crippen LogP contribution in [0.2, 0.25) is 0 Å². The molecule has 1 aromatic heterocycles. The maximum Gasteiger partial charge on any atom is 0.222 e. The standard InChI is InChI=1S/C14H17BrN4O/c1-20-13-4-3-11(15)7-12(13)10-8-18-14(19-9-10)17-6-2-5-16/h3-4,7-9H,2,5-6,16H2,1H3,(H,17,18,19). The normalized spacial score (nSPS) is 10.3. The average molecular weight is 337 g/mol. The van der Waals surface area contributed by atoms with Crippen LogP contribution in [0.25, 0.3) is 11.1 Å². The lowest BCUT2D eigenvalue weighted by Gasteiger charge is -2.09. The van der Waals surface area contributed by atoms with Crippen LogP contribution in [0, 0.1) is 0 Å². The summed E-state index contributed by atoms with van der Waals surface area (Å²) in [7, 11) is 1.65. The van der Waals surface area contributed by atoms with E-state index in [0.717, 1.165) is 34.3 Å². The number of hydrogen-bond donors (Lipinski definition) is 2. The molecule has 3 N–H and O–H groups in total. The summed E-state index contributed by atoms with van der Waals surface area (Å²) in [6, 6.07) is 5.83. The van der Waals surface area contributed by atoms with Crippen molar-refractivity contribution < 1.29 is 4.74 Å². The Bertz CT molecular complexity index is 560. The Morgan fingerprint density at radius 3 is 2.70 bits per heavy atom. The first-order valence-electron chi connectivity index (χ1n) is 6.34. The molecule has 2 rings (SSSR count). The summed E-state index contributed by atoms with van der Waals surface area (Å²) in [6.07, 6.45) is 4.45. The van der Waals surface area contributed by atoms with Gasteiger partial charge in [-0.2, -0.15) is 0 Å². The van der Waals surface area contributed by atoms with E-state index >= 15 is 0 Å². The van der Waals surface area contributed by atoms with Gasteiger partial charge in [-0.1, -0.05) is 15.9 Å². The maximum absolute atomic E-state index is 5.44. The first-order chi connectivity index (χ1) is 9.74. The average Bonchev–Trinajstić information content (AvgIpc) is 2.48. The number of ether oxygens (including phenoxy) is 1. The van der Waals surface area contributed by atoms with Crippen LogP contribution in [0.5, 0.6) is 5.75 Å². The summed E-state index contributed by atoms with van der Waals surface area (Å²) in [5.41, 5.74) is 7.30. The molecule has 1 aromatic carbocycles. The number of aromatic nitrogens is 2. The minimum absolute atomic E-state index is 0.608. The fourth-order valence-corrected chi connectivity index (χ4v) is 2.13. The molecule has 0 aliphatic rings. The molecule has 0 atom stereocenters. The number of methoxy groups -OCH3 is 1. The van der Waals surface area contributed by atoms with E-state index in [2.05, 4.69) is 31.2 Å². The van der Waals surface area contributed by atoms with Crippen molar-refractivity contribution in [1.29, 1.82) is 0 Å². The van der Waals surface area contributed by atoms with E-state index in [4.69, 9.17) is 10.5 Å². The molecule has 0 unspecified atom stereocenters. The van der Waals surface area contributed by atoms with Gasteiger partial charge in [-0.15, -0.1) is 0 Å². The fourth-order valence-electron chi connectivity index (χ4n) is 1.77. The fraction of sp³-hybridized carbons (Fsp3) is 0.286. The molecule has 1 heterocycles. The molecular formula is C14H17BrN4O. The van der Waals surface area contributed by atoms with E-state index in [1.54, 1.807) is 19.5 Å². The van der Waals surface area contributed by atoms with Gasteiger partial charge in [0.1, 0.15) is 5.75 Å². The van der Waals surface area contributed by atoms with Gasteiger partial charge in [0.2, 0.25) is 5.95 Å². The quantitative estimate of drug-likeness (QED) is 0.793. The summed E-state index contributed by atoms with van der Waals surface area (Å²) >= 11 is 3.46. The summed E-state index contributed by atoms with van der Waals surface area (Å²) in [5, 5.41) is 3.12. The highest BCUT2D eigenvalue weighted by atomic mass is 79.9. The van der Waals surface area contributed by atoms with Crippen LogP contribution in [0.1, 0.15) is 6.42 Å². The van der Waals surface area contributed by atoms with E-state index in [0.29, 0.717) is 12.5 Å². The molecule has 0 saturated heterocycles. The molecule has 0 amide bonds. The van der Waals surface area contributed by atoms with Crippen LogP contribution in [0.3, 0.4) is 0 Å². The Morgan fingerprint density at radius 1 is 1.30 bits per heavy atom. The van der Waals surface area contributed by atoms with Crippen LogP contribution in [0.15, 0.2) is 35.1 Å². The lowest BCUT2D eigenvalue weighted by molar-refractivity contribution is 0.416. The number of nitrogens with one attached hydrogen (secondary N) is 1. The number of halogens is 1. The van der Waals surface area contributed by atoms with Gasteiger partial charge < -0.3 is 15.8 Å². The van der Waals surface area contributed by atoms with Gasteiger partial charge >= 0.3 is 0 Å². The zero-order valence-electron chi connectivity index (χ0n) is 11.3. The zero-order valence-corrected chi connectivity index (χ0v) is 12.9. The van der Waals surface area contributed by atoms with Crippen molar-refractivity contribution in [2.45, 2.75) is 6.42 Å². The molecule has 2 aromatic rings. The summed E-state index contributed by atoms with van der Waals surface area (Å²) < 4.78 is 6.34. The van der Waals surface area contributed by atoms with Crippen LogP contribution in [0.4, 0.5) is 5.95 Å². The van der Waals surface area contributed by atoms with Crippen molar-refractivity contribution in [3.63, 3.8) is 0 Å². The number of anilines is 1. The van der Waals surface area contributed by atoms with Gasteiger partial charge in [-0.05, 0) is 31.2 Å². The minimum atomic E-state index is 0.608. The third-order valence-corrected chi connectivity index (χ3v) is 3.28. The second kappa shape index (κ2) is 7.21. The van der Waals surface area contributed by atoms with Gasteiger partial charge in [0, 0.05) is 34.5 Å². The number of rotatable bonds is 6.